The molecule has 5 aromatic rings. The monoisotopic (exact) mass is 478 g/mol. The maximum Gasteiger partial charge on any atom is 0.186 e. The number of benzene rings is 5. The SMILES string of the molecule is O=C(/C=C/c1ccc(N2N=C(c3ccccc3)C[C@H]2c2ccccc2)cc1)c1cccc2ccccc12. The minimum absolute atomic E-state index is 0.00154. The number of rotatable bonds is 6. The number of anilines is 1. The van der Waals surface area contributed by atoms with Crippen LogP contribution in [0.4, 0.5) is 5.69 Å². The van der Waals surface area contributed by atoms with Gasteiger partial charge in [-0.3, -0.25) is 9.80 Å². The van der Waals surface area contributed by atoms with Crippen molar-refractivity contribution in [2.45, 2.75) is 12.5 Å². The van der Waals surface area contributed by atoms with Crippen LogP contribution in [-0.4, -0.2) is 11.5 Å². The molecule has 3 nitrogen and oxygen atoms in total. The van der Waals surface area contributed by atoms with Crippen molar-refractivity contribution in [3.63, 3.8) is 0 Å². The van der Waals surface area contributed by atoms with Crippen LogP contribution < -0.4 is 5.01 Å². The molecule has 0 bridgehead atoms. The zero-order chi connectivity index (χ0) is 25.0. The lowest BCUT2D eigenvalue weighted by Gasteiger charge is -2.24. The summed E-state index contributed by atoms with van der Waals surface area (Å²) in [7, 11) is 0. The fourth-order valence-electron chi connectivity index (χ4n) is 4.93. The van der Waals surface area contributed by atoms with Crippen molar-refractivity contribution in [1.82, 2.24) is 0 Å². The van der Waals surface area contributed by atoms with Gasteiger partial charge in [-0.15, -0.1) is 0 Å². The molecule has 0 spiro atoms. The molecule has 0 aliphatic carbocycles. The van der Waals surface area contributed by atoms with E-state index in [-0.39, 0.29) is 11.8 Å². The molecular weight excluding hydrogens is 452 g/mol. The van der Waals surface area contributed by atoms with E-state index >= 15 is 0 Å². The molecule has 0 fully saturated rings. The van der Waals surface area contributed by atoms with E-state index in [9.17, 15) is 4.79 Å². The highest BCUT2D eigenvalue weighted by molar-refractivity contribution is 6.14. The van der Waals surface area contributed by atoms with Gasteiger partial charge in [0.2, 0.25) is 0 Å². The Morgan fingerprint density at radius 3 is 2.19 bits per heavy atom. The number of hydrogen-bond donors (Lipinski definition) is 0. The normalized spacial score (nSPS) is 15.3. The summed E-state index contributed by atoms with van der Waals surface area (Å²) in [5, 5.41) is 9.20. The van der Waals surface area contributed by atoms with Gasteiger partial charge < -0.3 is 0 Å². The largest absolute Gasteiger partial charge is 0.289 e. The van der Waals surface area contributed by atoms with Crippen molar-refractivity contribution in [1.29, 1.82) is 0 Å². The first-order valence-electron chi connectivity index (χ1n) is 12.5. The Hall–Kier alpha value is -4.76. The van der Waals surface area contributed by atoms with Crippen LogP contribution in [0.2, 0.25) is 0 Å². The van der Waals surface area contributed by atoms with E-state index in [2.05, 4.69) is 65.7 Å². The predicted octanol–water partition coefficient (Wildman–Crippen LogP) is 8.09. The van der Waals surface area contributed by atoms with Crippen LogP contribution in [0.1, 0.15) is 39.5 Å². The average Bonchev–Trinajstić information content (AvgIpc) is 3.42. The molecule has 0 N–H and O–H groups in total. The molecule has 0 unspecified atom stereocenters. The van der Waals surface area contributed by atoms with Crippen molar-refractivity contribution in [2.24, 2.45) is 5.10 Å². The van der Waals surface area contributed by atoms with E-state index in [1.807, 2.05) is 72.8 Å². The summed E-state index contributed by atoms with van der Waals surface area (Å²) in [6.45, 7) is 0. The summed E-state index contributed by atoms with van der Waals surface area (Å²) < 4.78 is 0. The summed E-state index contributed by atoms with van der Waals surface area (Å²) in [5.41, 5.74) is 6.19. The Kier molecular flexibility index (Phi) is 6.18. The Bertz CT molecular complexity index is 1600. The third-order valence-electron chi connectivity index (χ3n) is 6.84. The second kappa shape index (κ2) is 10.1. The smallest absolute Gasteiger partial charge is 0.186 e. The standard InChI is InChI=1S/C34H26N2O/c37-34(31-17-9-15-26-10-7-8-16-30(26)31)23-20-25-18-21-29(22-19-25)36-33(28-13-5-2-6-14-28)24-32(35-36)27-11-3-1-4-12-27/h1-23,33H,24H2/b23-20+/t33-/m0/s1. The zero-order valence-electron chi connectivity index (χ0n) is 20.4. The van der Waals surface area contributed by atoms with Crippen LogP contribution in [0.3, 0.4) is 0 Å². The highest BCUT2D eigenvalue weighted by atomic mass is 16.1. The number of fused-ring (bicyclic) bond motifs is 1. The van der Waals surface area contributed by atoms with Crippen molar-refractivity contribution >= 4 is 34.0 Å². The number of carbonyl (C=O) groups excluding carboxylic acids is 1. The van der Waals surface area contributed by atoms with Gasteiger partial charge in [0.1, 0.15) is 0 Å². The van der Waals surface area contributed by atoms with Gasteiger partial charge in [0.25, 0.3) is 0 Å². The summed E-state index contributed by atoms with van der Waals surface area (Å²) in [5.74, 6) is 0.00154. The van der Waals surface area contributed by atoms with Gasteiger partial charge in [-0.1, -0.05) is 121 Å². The lowest BCUT2D eigenvalue weighted by Crippen LogP contribution is -2.18. The van der Waals surface area contributed by atoms with Crippen LogP contribution in [0.5, 0.6) is 0 Å². The zero-order valence-corrected chi connectivity index (χ0v) is 20.4. The van der Waals surface area contributed by atoms with Gasteiger partial charge in [-0.25, -0.2) is 0 Å². The molecule has 0 saturated heterocycles. The van der Waals surface area contributed by atoms with E-state index < -0.39 is 0 Å². The number of allylic oxidation sites excluding steroid dienone is 1. The number of nitrogens with zero attached hydrogens (tertiary/aromatic N) is 2. The molecular formula is C34H26N2O. The van der Waals surface area contributed by atoms with Gasteiger partial charge in [-0.05, 0) is 45.7 Å². The summed E-state index contributed by atoms with van der Waals surface area (Å²) in [4.78, 5) is 13.0. The molecule has 1 heterocycles. The fourth-order valence-corrected chi connectivity index (χ4v) is 4.93. The fraction of sp³-hybridized carbons (Fsp3) is 0.0588. The Balaban J connectivity index is 1.26. The Morgan fingerprint density at radius 2 is 1.41 bits per heavy atom. The summed E-state index contributed by atoms with van der Waals surface area (Å²) in [6.07, 6.45) is 4.38. The van der Waals surface area contributed by atoms with Crippen LogP contribution in [0, 0.1) is 0 Å². The highest BCUT2D eigenvalue weighted by Crippen LogP contribution is 2.36. The molecule has 178 valence electrons. The maximum atomic E-state index is 13.0. The van der Waals surface area contributed by atoms with E-state index in [0.29, 0.717) is 0 Å². The molecule has 1 atom stereocenters. The third kappa shape index (κ3) is 4.72. The minimum atomic E-state index is 0.00154. The molecule has 1 aliphatic heterocycles. The molecule has 0 amide bonds. The van der Waals surface area contributed by atoms with Gasteiger partial charge in [0, 0.05) is 12.0 Å². The molecule has 3 heteroatoms. The third-order valence-corrected chi connectivity index (χ3v) is 6.84. The summed E-state index contributed by atoms with van der Waals surface area (Å²) in [6, 6.07) is 43.1. The first-order valence-corrected chi connectivity index (χ1v) is 12.5. The molecule has 0 saturated carbocycles. The predicted molar refractivity (Wildman–Crippen MR) is 153 cm³/mol. The first-order chi connectivity index (χ1) is 18.3. The molecule has 1 aliphatic rings. The van der Waals surface area contributed by atoms with E-state index in [0.717, 1.165) is 45.3 Å². The topological polar surface area (TPSA) is 32.7 Å². The van der Waals surface area contributed by atoms with Gasteiger partial charge in [0.05, 0.1) is 17.4 Å². The highest BCUT2D eigenvalue weighted by Gasteiger charge is 2.29. The van der Waals surface area contributed by atoms with E-state index in [1.165, 1.54) is 5.56 Å². The quantitative estimate of drug-likeness (QED) is 0.182. The lowest BCUT2D eigenvalue weighted by molar-refractivity contribution is 0.104. The van der Waals surface area contributed by atoms with Gasteiger partial charge in [0.15, 0.2) is 5.78 Å². The molecule has 0 radical (unpaired) electrons. The van der Waals surface area contributed by atoms with Crippen LogP contribution in [0.15, 0.2) is 139 Å². The molecule has 6 rings (SSSR count). The van der Waals surface area contributed by atoms with Crippen LogP contribution in [-0.2, 0) is 0 Å². The second-order valence-electron chi connectivity index (χ2n) is 9.20. The lowest BCUT2D eigenvalue weighted by atomic mass is 9.98. The van der Waals surface area contributed by atoms with Gasteiger partial charge >= 0.3 is 0 Å². The first kappa shape index (κ1) is 22.7. The minimum Gasteiger partial charge on any atom is -0.289 e. The summed E-state index contributed by atoms with van der Waals surface area (Å²) >= 11 is 0. The van der Waals surface area contributed by atoms with Crippen LogP contribution >= 0.6 is 0 Å². The van der Waals surface area contributed by atoms with Crippen molar-refractivity contribution in [3.05, 3.63) is 156 Å². The molecule has 5 aromatic carbocycles. The Labute approximate surface area is 217 Å². The van der Waals surface area contributed by atoms with Crippen molar-refractivity contribution in [2.75, 3.05) is 5.01 Å². The molecule has 0 aromatic heterocycles. The molecule has 37 heavy (non-hydrogen) atoms. The number of hydrazone groups is 1. The number of carbonyl (C=O) groups is 1. The maximum absolute atomic E-state index is 13.0. The van der Waals surface area contributed by atoms with Crippen molar-refractivity contribution < 1.29 is 4.79 Å². The van der Waals surface area contributed by atoms with E-state index in [1.54, 1.807) is 6.08 Å². The van der Waals surface area contributed by atoms with Crippen LogP contribution in [0.25, 0.3) is 16.8 Å². The van der Waals surface area contributed by atoms with Gasteiger partial charge in [-0.2, -0.15) is 5.10 Å². The number of hydrogen-bond acceptors (Lipinski definition) is 3. The van der Waals surface area contributed by atoms with Crippen molar-refractivity contribution in [3.8, 4) is 0 Å². The van der Waals surface area contributed by atoms with E-state index in [4.69, 9.17) is 5.10 Å². The number of ketones is 1. The average molecular weight is 479 g/mol. The second-order valence-corrected chi connectivity index (χ2v) is 9.20. The Morgan fingerprint density at radius 1 is 0.730 bits per heavy atom.